The lowest BCUT2D eigenvalue weighted by Gasteiger charge is -2.07. The first-order valence-electron chi connectivity index (χ1n) is 10.2. The van der Waals surface area contributed by atoms with Crippen molar-refractivity contribution in [2.75, 3.05) is 5.32 Å². The van der Waals surface area contributed by atoms with Crippen molar-refractivity contribution in [2.24, 2.45) is 13.0 Å². The number of ketones is 1. The molecule has 1 N–H and O–H groups in total. The van der Waals surface area contributed by atoms with Crippen LogP contribution in [0.5, 0.6) is 5.75 Å². The molecule has 0 saturated heterocycles. The Morgan fingerprint density at radius 3 is 2.75 bits per heavy atom. The van der Waals surface area contributed by atoms with Gasteiger partial charge in [0.2, 0.25) is 5.95 Å². The monoisotopic (exact) mass is 460 g/mol. The highest BCUT2D eigenvalue weighted by atomic mass is 32.1. The third kappa shape index (κ3) is 4.40. The Bertz CT molecular complexity index is 1320. The summed E-state index contributed by atoms with van der Waals surface area (Å²) in [7, 11) is 1.84. The van der Waals surface area contributed by atoms with Gasteiger partial charge in [0, 0.05) is 25.1 Å². The van der Waals surface area contributed by atoms with E-state index in [0.717, 1.165) is 11.9 Å². The fourth-order valence-corrected chi connectivity index (χ4v) is 4.51. The van der Waals surface area contributed by atoms with Gasteiger partial charge in [-0.3, -0.25) is 4.79 Å². The molecule has 1 saturated carbocycles. The van der Waals surface area contributed by atoms with E-state index in [9.17, 15) is 18.0 Å². The standard InChI is InChI=1S/C22H19F3N4O2S/c1-29-17-8-5-13(18(30)9-4-12-2-3-12)10-16(17)26-20(29)28-21-27-15-7-6-14(11-19(15)32-21)31-22(23,24)25/h5-8,10-12H,2-4,9H2,1H3,(H,26,27,28). The van der Waals surface area contributed by atoms with Crippen molar-refractivity contribution in [3.05, 3.63) is 42.0 Å². The van der Waals surface area contributed by atoms with Crippen molar-refractivity contribution in [3.8, 4) is 5.75 Å². The minimum absolute atomic E-state index is 0.127. The molecule has 2 aromatic heterocycles. The summed E-state index contributed by atoms with van der Waals surface area (Å²) in [6, 6.07) is 9.51. The molecule has 0 aliphatic heterocycles. The van der Waals surface area contributed by atoms with Crippen LogP contribution in [0.1, 0.15) is 36.0 Å². The minimum Gasteiger partial charge on any atom is -0.406 e. The smallest absolute Gasteiger partial charge is 0.406 e. The molecule has 6 nitrogen and oxygen atoms in total. The van der Waals surface area contributed by atoms with Crippen molar-refractivity contribution in [1.29, 1.82) is 0 Å². The fraction of sp³-hybridized carbons (Fsp3) is 0.318. The van der Waals surface area contributed by atoms with Gasteiger partial charge in [-0.15, -0.1) is 13.2 Å². The van der Waals surface area contributed by atoms with E-state index in [1.54, 1.807) is 6.07 Å². The Morgan fingerprint density at radius 2 is 2.00 bits per heavy atom. The Hall–Kier alpha value is -3.14. The first-order chi connectivity index (χ1) is 15.2. The van der Waals surface area contributed by atoms with Crippen LogP contribution in [0.2, 0.25) is 0 Å². The number of carbonyl (C=O) groups excluding carboxylic acids is 1. The molecule has 2 aromatic carbocycles. The minimum atomic E-state index is -4.75. The third-order valence-corrected chi connectivity index (χ3v) is 6.43. The average Bonchev–Trinajstić information content (AvgIpc) is 3.40. The number of nitrogens with one attached hydrogen (secondary N) is 1. The van der Waals surface area contributed by atoms with Gasteiger partial charge in [0.15, 0.2) is 10.9 Å². The molecule has 0 unspecified atom stereocenters. The lowest BCUT2D eigenvalue weighted by atomic mass is 10.0. The largest absolute Gasteiger partial charge is 0.573 e. The number of hydrogen-bond acceptors (Lipinski definition) is 6. The summed E-state index contributed by atoms with van der Waals surface area (Å²) in [5.41, 5.74) is 2.75. The quantitative estimate of drug-likeness (QED) is 0.333. The topological polar surface area (TPSA) is 69.0 Å². The molecule has 0 spiro atoms. The molecule has 1 aliphatic carbocycles. The number of fused-ring (bicyclic) bond motifs is 2. The van der Waals surface area contributed by atoms with E-state index in [4.69, 9.17) is 0 Å². The predicted octanol–water partition coefficient (Wildman–Crippen LogP) is 6.20. The number of halogens is 3. The van der Waals surface area contributed by atoms with Crippen LogP contribution in [0.4, 0.5) is 24.3 Å². The molecule has 166 valence electrons. The molecule has 32 heavy (non-hydrogen) atoms. The average molecular weight is 460 g/mol. The summed E-state index contributed by atoms with van der Waals surface area (Å²) in [5, 5.41) is 3.62. The summed E-state index contributed by atoms with van der Waals surface area (Å²) in [6.07, 6.45) is -0.794. The molecular formula is C22H19F3N4O2S. The number of carbonyl (C=O) groups is 1. The number of nitrogens with zero attached hydrogens (tertiary/aromatic N) is 3. The maximum absolute atomic E-state index is 12.5. The highest BCUT2D eigenvalue weighted by Crippen LogP contribution is 2.35. The lowest BCUT2D eigenvalue weighted by Crippen LogP contribution is -2.16. The molecule has 0 atom stereocenters. The van der Waals surface area contributed by atoms with Crippen LogP contribution in [0.3, 0.4) is 0 Å². The van der Waals surface area contributed by atoms with Crippen LogP contribution in [0.25, 0.3) is 21.3 Å². The Labute approximate surface area is 185 Å². The molecule has 1 aliphatic rings. The molecule has 2 heterocycles. The van der Waals surface area contributed by atoms with Gasteiger partial charge in [-0.25, -0.2) is 9.97 Å². The van der Waals surface area contributed by atoms with E-state index in [1.807, 2.05) is 23.7 Å². The lowest BCUT2D eigenvalue weighted by molar-refractivity contribution is -0.274. The Kier molecular flexibility index (Phi) is 5.04. The molecule has 0 bridgehead atoms. The van der Waals surface area contributed by atoms with Crippen molar-refractivity contribution in [3.63, 3.8) is 0 Å². The number of benzene rings is 2. The van der Waals surface area contributed by atoms with Gasteiger partial charge in [0.05, 0.1) is 21.3 Å². The van der Waals surface area contributed by atoms with Crippen LogP contribution < -0.4 is 10.1 Å². The van der Waals surface area contributed by atoms with Gasteiger partial charge < -0.3 is 14.6 Å². The van der Waals surface area contributed by atoms with Crippen LogP contribution >= 0.6 is 11.3 Å². The molecule has 10 heteroatoms. The molecule has 4 aromatic rings. The zero-order valence-electron chi connectivity index (χ0n) is 17.1. The number of hydrogen-bond donors (Lipinski definition) is 1. The summed E-state index contributed by atoms with van der Waals surface area (Å²) in [5.74, 6) is 1.07. The number of thiazole rings is 1. The number of anilines is 2. The number of imidazole rings is 1. The SMILES string of the molecule is Cn1c(Nc2nc3ccc(OC(F)(F)F)cc3s2)nc2cc(C(=O)CCC3CC3)ccc21. The van der Waals surface area contributed by atoms with Crippen molar-refractivity contribution < 1.29 is 22.7 Å². The Morgan fingerprint density at radius 1 is 1.19 bits per heavy atom. The highest BCUT2D eigenvalue weighted by Gasteiger charge is 2.31. The summed E-state index contributed by atoms with van der Waals surface area (Å²) in [4.78, 5) is 21.5. The normalized spacial score (nSPS) is 14.2. The van der Waals surface area contributed by atoms with Gasteiger partial charge in [0.1, 0.15) is 5.75 Å². The van der Waals surface area contributed by atoms with Crippen LogP contribution in [0, 0.1) is 5.92 Å². The number of ether oxygens (including phenoxy) is 1. The summed E-state index contributed by atoms with van der Waals surface area (Å²) < 4.78 is 43.8. The van der Waals surface area contributed by atoms with E-state index in [1.165, 1.54) is 42.4 Å². The maximum Gasteiger partial charge on any atom is 0.573 e. The third-order valence-electron chi connectivity index (χ3n) is 5.49. The number of alkyl halides is 3. The van der Waals surface area contributed by atoms with Gasteiger partial charge in [-0.05, 0) is 42.7 Å². The Balaban J connectivity index is 1.37. The van der Waals surface area contributed by atoms with Crippen LogP contribution in [0.15, 0.2) is 36.4 Å². The van der Waals surface area contributed by atoms with E-state index in [-0.39, 0.29) is 11.5 Å². The van der Waals surface area contributed by atoms with E-state index in [2.05, 4.69) is 20.0 Å². The number of aryl methyl sites for hydroxylation is 1. The van der Waals surface area contributed by atoms with E-state index in [0.29, 0.717) is 44.7 Å². The van der Waals surface area contributed by atoms with Crippen LogP contribution in [-0.2, 0) is 7.05 Å². The second kappa shape index (κ2) is 7.77. The number of Topliss-reactive ketones (excluding diaryl/α,β-unsaturated/α-hetero) is 1. The second-order valence-corrected chi connectivity index (χ2v) is 8.96. The van der Waals surface area contributed by atoms with E-state index >= 15 is 0 Å². The van der Waals surface area contributed by atoms with Gasteiger partial charge in [-0.1, -0.05) is 24.2 Å². The predicted molar refractivity (Wildman–Crippen MR) is 117 cm³/mol. The molecule has 5 rings (SSSR count). The maximum atomic E-state index is 12.5. The molecule has 0 amide bonds. The van der Waals surface area contributed by atoms with Crippen molar-refractivity contribution >= 4 is 49.4 Å². The zero-order chi connectivity index (χ0) is 22.5. The van der Waals surface area contributed by atoms with Crippen LogP contribution in [-0.4, -0.2) is 26.7 Å². The number of rotatable bonds is 7. The summed E-state index contributed by atoms with van der Waals surface area (Å²) >= 11 is 1.20. The van der Waals surface area contributed by atoms with E-state index < -0.39 is 6.36 Å². The van der Waals surface area contributed by atoms with Gasteiger partial charge in [0.25, 0.3) is 0 Å². The fourth-order valence-electron chi connectivity index (χ4n) is 3.62. The molecule has 1 fully saturated rings. The van der Waals surface area contributed by atoms with Gasteiger partial charge >= 0.3 is 6.36 Å². The zero-order valence-corrected chi connectivity index (χ0v) is 17.9. The first-order valence-corrected chi connectivity index (χ1v) is 11.0. The summed E-state index contributed by atoms with van der Waals surface area (Å²) in [6.45, 7) is 0. The second-order valence-electron chi connectivity index (χ2n) is 7.92. The highest BCUT2D eigenvalue weighted by molar-refractivity contribution is 7.22. The van der Waals surface area contributed by atoms with Crippen molar-refractivity contribution in [1.82, 2.24) is 14.5 Å². The molecular weight excluding hydrogens is 441 g/mol. The van der Waals surface area contributed by atoms with Gasteiger partial charge in [-0.2, -0.15) is 0 Å². The number of aromatic nitrogens is 3. The van der Waals surface area contributed by atoms with Crippen molar-refractivity contribution in [2.45, 2.75) is 32.0 Å². The molecule has 0 radical (unpaired) electrons. The first kappa shape index (κ1) is 20.7.